The van der Waals surface area contributed by atoms with Crippen molar-refractivity contribution in [1.82, 2.24) is 0 Å². The minimum Gasteiger partial charge on any atom is -0.497 e. The second-order valence-electron chi connectivity index (χ2n) is 7.12. The van der Waals surface area contributed by atoms with Crippen LogP contribution in [0.1, 0.15) is 30.6 Å². The molecular weight excluding hydrogens is 372 g/mol. The maximum absolute atomic E-state index is 12.6. The van der Waals surface area contributed by atoms with Gasteiger partial charge in [0.15, 0.2) is 0 Å². The Balaban J connectivity index is 1.61. The SMILES string of the molecule is COc1ccc(N2C[C@H](C(=O)Nc3ccc(C(=O)OC(C)C)cc3)CC2=O)cc1. The van der Waals surface area contributed by atoms with Crippen molar-refractivity contribution in [1.29, 1.82) is 0 Å². The molecule has 0 bridgehead atoms. The first-order chi connectivity index (χ1) is 13.9. The molecular formula is C22H24N2O5. The van der Waals surface area contributed by atoms with Gasteiger partial charge in [0, 0.05) is 24.3 Å². The largest absolute Gasteiger partial charge is 0.497 e. The molecule has 1 atom stereocenters. The lowest BCUT2D eigenvalue weighted by Gasteiger charge is -2.17. The van der Waals surface area contributed by atoms with E-state index in [2.05, 4.69) is 5.32 Å². The number of carbonyl (C=O) groups is 3. The number of hydrogen-bond donors (Lipinski definition) is 1. The fourth-order valence-electron chi connectivity index (χ4n) is 3.11. The van der Waals surface area contributed by atoms with Crippen LogP contribution in [-0.2, 0) is 14.3 Å². The minimum atomic E-state index is -0.449. The van der Waals surface area contributed by atoms with Gasteiger partial charge in [0.25, 0.3) is 0 Å². The van der Waals surface area contributed by atoms with E-state index < -0.39 is 11.9 Å². The molecule has 1 aliphatic heterocycles. The van der Waals surface area contributed by atoms with Crippen molar-refractivity contribution in [3.63, 3.8) is 0 Å². The molecule has 0 radical (unpaired) electrons. The average molecular weight is 396 g/mol. The lowest BCUT2D eigenvalue weighted by Crippen LogP contribution is -2.28. The summed E-state index contributed by atoms with van der Waals surface area (Å²) in [5, 5.41) is 2.81. The average Bonchev–Trinajstić information content (AvgIpc) is 3.10. The van der Waals surface area contributed by atoms with Gasteiger partial charge in [-0.25, -0.2) is 4.79 Å². The van der Waals surface area contributed by atoms with Crippen molar-refractivity contribution in [2.24, 2.45) is 5.92 Å². The molecule has 152 valence electrons. The summed E-state index contributed by atoms with van der Waals surface area (Å²) < 4.78 is 10.3. The van der Waals surface area contributed by atoms with Crippen molar-refractivity contribution >= 4 is 29.2 Å². The van der Waals surface area contributed by atoms with Crippen LogP contribution in [0.15, 0.2) is 48.5 Å². The van der Waals surface area contributed by atoms with Gasteiger partial charge in [0.1, 0.15) is 5.75 Å². The Morgan fingerprint density at radius 3 is 2.31 bits per heavy atom. The molecule has 0 saturated carbocycles. The van der Waals surface area contributed by atoms with Crippen LogP contribution < -0.4 is 15.0 Å². The lowest BCUT2D eigenvalue weighted by atomic mass is 10.1. The van der Waals surface area contributed by atoms with E-state index in [4.69, 9.17) is 9.47 Å². The Hall–Kier alpha value is -3.35. The zero-order valence-electron chi connectivity index (χ0n) is 16.7. The van der Waals surface area contributed by atoms with Crippen LogP contribution >= 0.6 is 0 Å². The highest BCUT2D eigenvalue weighted by atomic mass is 16.5. The van der Waals surface area contributed by atoms with Crippen molar-refractivity contribution in [3.05, 3.63) is 54.1 Å². The van der Waals surface area contributed by atoms with Crippen molar-refractivity contribution < 1.29 is 23.9 Å². The lowest BCUT2D eigenvalue weighted by molar-refractivity contribution is -0.122. The third-order valence-electron chi connectivity index (χ3n) is 4.61. The number of nitrogens with zero attached hydrogens (tertiary/aromatic N) is 1. The molecule has 1 aliphatic rings. The third kappa shape index (κ3) is 4.93. The van der Waals surface area contributed by atoms with E-state index in [9.17, 15) is 14.4 Å². The summed E-state index contributed by atoms with van der Waals surface area (Å²) >= 11 is 0. The predicted molar refractivity (Wildman–Crippen MR) is 109 cm³/mol. The first kappa shape index (κ1) is 20.4. The van der Waals surface area contributed by atoms with E-state index in [1.54, 1.807) is 74.4 Å². The minimum absolute atomic E-state index is 0.0953. The summed E-state index contributed by atoms with van der Waals surface area (Å²) in [5.74, 6) is -0.478. The fourth-order valence-corrected chi connectivity index (χ4v) is 3.11. The molecule has 29 heavy (non-hydrogen) atoms. The normalized spacial score (nSPS) is 16.1. The fraction of sp³-hybridized carbons (Fsp3) is 0.318. The maximum atomic E-state index is 12.6. The first-order valence-electron chi connectivity index (χ1n) is 9.43. The van der Waals surface area contributed by atoms with Crippen LogP contribution in [0.4, 0.5) is 11.4 Å². The van der Waals surface area contributed by atoms with E-state index in [0.717, 1.165) is 5.69 Å². The molecule has 2 aromatic rings. The number of amides is 2. The first-order valence-corrected chi connectivity index (χ1v) is 9.43. The quantitative estimate of drug-likeness (QED) is 0.758. The number of ether oxygens (including phenoxy) is 2. The Labute approximate surface area is 169 Å². The third-order valence-corrected chi connectivity index (χ3v) is 4.61. The van der Waals surface area contributed by atoms with Crippen LogP contribution in [0.5, 0.6) is 5.75 Å². The number of anilines is 2. The van der Waals surface area contributed by atoms with Crippen LogP contribution in [0.3, 0.4) is 0 Å². The molecule has 0 spiro atoms. The van der Waals surface area contributed by atoms with Gasteiger partial charge in [0.05, 0.1) is 24.7 Å². The molecule has 7 nitrogen and oxygen atoms in total. The van der Waals surface area contributed by atoms with Crippen molar-refractivity contribution in [3.8, 4) is 5.75 Å². The number of esters is 1. The van der Waals surface area contributed by atoms with Gasteiger partial charge in [-0.1, -0.05) is 0 Å². The summed E-state index contributed by atoms with van der Waals surface area (Å²) in [6, 6.07) is 13.6. The van der Waals surface area contributed by atoms with E-state index in [1.165, 1.54) is 0 Å². The Morgan fingerprint density at radius 1 is 1.07 bits per heavy atom. The maximum Gasteiger partial charge on any atom is 0.338 e. The molecule has 0 unspecified atom stereocenters. The highest BCUT2D eigenvalue weighted by Gasteiger charge is 2.35. The van der Waals surface area contributed by atoms with Gasteiger partial charge in [-0.3, -0.25) is 9.59 Å². The zero-order chi connectivity index (χ0) is 21.0. The zero-order valence-corrected chi connectivity index (χ0v) is 16.7. The molecule has 1 fully saturated rings. The van der Waals surface area contributed by atoms with Crippen LogP contribution in [-0.4, -0.2) is 37.5 Å². The van der Waals surface area contributed by atoms with Crippen LogP contribution in [0.25, 0.3) is 0 Å². The summed E-state index contributed by atoms with van der Waals surface area (Å²) in [6.45, 7) is 3.88. The van der Waals surface area contributed by atoms with Crippen LogP contribution in [0, 0.1) is 5.92 Å². The van der Waals surface area contributed by atoms with Gasteiger partial charge in [-0.2, -0.15) is 0 Å². The van der Waals surface area contributed by atoms with Gasteiger partial charge in [-0.05, 0) is 62.4 Å². The smallest absolute Gasteiger partial charge is 0.338 e. The number of benzene rings is 2. The van der Waals surface area contributed by atoms with Gasteiger partial charge in [0.2, 0.25) is 11.8 Å². The summed E-state index contributed by atoms with van der Waals surface area (Å²) in [4.78, 5) is 38.5. The highest BCUT2D eigenvalue weighted by molar-refractivity contribution is 6.03. The molecule has 0 aromatic heterocycles. The predicted octanol–water partition coefficient (Wildman–Crippen LogP) is 3.25. The number of rotatable bonds is 6. The summed E-state index contributed by atoms with van der Waals surface area (Å²) in [5.41, 5.74) is 1.71. The van der Waals surface area contributed by atoms with E-state index >= 15 is 0 Å². The Kier molecular flexibility index (Phi) is 6.16. The highest BCUT2D eigenvalue weighted by Crippen LogP contribution is 2.27. The molecule has 1 heterocycles. The molecule has 1 N–H and O–H groups in total. The summed E-state index contributed by atoms with van der Waals surface area (Å²) in [7, 11) is 1.58. The van der Waals surface area contributed by atoms with E-state index in [-0.39, 0.29) is 24.3 Å². The van der Waals surface area contributed by atoms with E-state index in [0.29, 0.717) is 23.5 Å². The molecule has 3 rings (SSSR count). The standard InChI is InChI=1S/C22H24N2O5/c1-14(2)29-22(27)15-4-6-17(7-5-15)23-21(26)16-12-20(25)24(13-16)18-8-10-19(28-3)11-9-18/h4-11,14,16H,12-13H2,1-3H3,(H,23,26)/t16-/m1/s1. The second kappa shape index (κ2) is 8.77. The number of nitrogens with one attached hydrogen (secondary N) is 1. The number of carbonyl (C=O) groups excluding carboxylic acids is 3. The number of methoxy groups -OCH3 is 1. The molecule has 0 aliphatic carbocycles. The van der Waals surface area contributed by atoms with E-state index in [1.807, 2.05) is 0 Å². The van der Waals surface area contributed by atoms with Crippen molar-refractivity contribution in [2.45, 2.75) is 26.4 Å². The van der Waals surface area contributed by atoms with Gasteiger partial charge in [-0.15, -0.1) is 0 Å². The second-order valence-corrected chi connectivity index (χ2v) is 7.12. The number of hydrogen-bond acceptors (Lipinski definition) is 5. The molecule has 2 aromatic carbocycles. The molecule has 1 saturated heterocycles. The molecule has 2 amide bonds. The topological polar surface area (TPSA) is 84.9 Å². The Morgan fingerprint density at radius 2 is 1.72 bits per heavy atom. The monoisotopic (exact) mass is 396 g/mol. The van der Waals surface area contributed by atoms with Gasteiger partial charge >= 0.3 is 5.97 Å². The van der Waals surface area contributed by atoms with Gasteiger partial charge < -0.3 is 19.7 Å². The van der Waals surface area contributed by atoms with Crippen molar-refractivity contribution in [2.75, 3.05) is 23.9 Å². The molecule has 7 heteroatoms. The Bertz CT molecular complexity index is 890. The van der Waals surface area contributed by atoms with Crippen LogP contribution in [0.2, 0.25) is 0 Å². The summed E-state index contributed by atoms with van der Waals surface area (Å²) in [6.07, 6.45) is -0.0492.